The molecule has 0 bridgehead atoms. The van der Waals surface area contributed by atoms with Gasteiger partial charge in [-0.2, -0.15) is 0 Å². The van der Waals surface area contributed by atoms with Crippen molar-refractivity contribution in [2.24, 2.45) is 9.98 Å². The van der Waals surface area contributed by atoms with E-state index in [9.17, 15) is 15.0 Å². The molecule has 0 fully saturated rings. The summed E-state index contributed by atoms with van der Waals surface area (Å²) in [6.45, 7) is 11.1. The summed E-state index contributed by atoms with van der Waals surface area (Å²) >= 11 is 0. The van der Waals surface area contributed by atoms with E-state index in [0.717, 1.165) is 19.5 Å². The molecule has 0 aromatic heterocycles. The van der Waals surface area contributed by atoms with E-state index < -0.39 is 17.6 Å². The molecule has 1 aromatic carbocycles. The van der Waals surface area contributed by atoms with Gasteiger partial charge in [-0.1, -0.05) is 24.3 Å². The van der Waals surface area contributed by atoms with Gasteiger partial charge in [0.05, 0.1) is 17.7 Å². The number of amidine groups is 1. The van der Waals surface area contributed by atoms with Gasteiger partial charge in [0.15, 0.2) is 0 Å². The molecule has 0 saturated heterocycles. The van der Waals surface area contributed by atoms with Gasteiger partial charge in [-0.15, -0.1) is 0 Å². The predicted molar refractivity (Wildman–Crippen MR) is 135 cm³/mol. The van der Waals surface area contributed by atoms with Gasteiger partial charge in [-0.3, -0.25) is 19.7 Å². The molecule has 0 radical (unpaired) electrons. The quantitative estimate of drug-likeness (QED) is 0.271. The van der Waals surface area contributed by atoms with Gasteiger partial charge in [0.2, 0.25) is 0 Å². The van der Waals surface area contributed by atoms with Crippen LogP contribution in [0.2, 0.25) is 0 Å². The number of aliphatic hydroxyl groups is 2. The third kappa shape index (κ3) is 7.73. The first kappa shape index (κ1) is 26.0. The predicted octanol–water partition coefficient (Wildman–Crippen LogP) is 0.179. The van der Waals surface area contributed by atoms with Crippen molar-refractivity contribution in [1.82, 2.24) is 20.4 Å². The summed E-state index contributed by atoms with van der Waals surface area (Å²) in [5.74, 6) is 0.262. The first-order valence-corrected chi connectivity index (χ1v) is 11.8. The summed E-state index contributed by atoms with van der Waals surface area (Å²) in [7, 11) is 1.91. The van der Waals surface area contributed by atoms with Gasteiger partial charge >= 0.3 is 0 Å². The van der Waals surface area contributed by atoms with E-state index in [0.29, 0.717) is 32.0 Å². The van der Waals surface area contributed by atoms with E-state index in [4.69, 9.17) is 0 Å². The maximum Gasteiger partial charge on any atom is 0.270 e. The van der Waals surface area contributed by atoms with Crippen molar-refractivity contribution >= 4 is 18.5 Å². The molecule has 3 rings (SSSR count). The lowest BCUT2D eigenvalue weighted by atomic mass is 10.00. The molecule has 1 amide bonds. The fourth-order valence-electron chi connectivity index (χ4n) is 4.22. The van der Waals surface area contributed by atoms with Crippen LogP contribution in [0.3, 0.4) is 0 Å². The van der Waals surface area contributed by atoms with E-state index in [1.807, 2.05) is 18.0 Å². The van der Waals surface area contributed by atoms with Crippen LogP contribution in [0.1, 0.15) is 25.0 Å². The molecule has 4 N–H and O–H groups in total. The van der Waals surface area contributed by atoms with Gasteiger partial charge in [0, 0.05) is 58.9 Å². The number of nitrogens with zero attached hydrogens (tertiary/aromatic N) is 4. The van der Waals surface area contributed by atoms with E-state index in [1.54, 1.807) is 19.9 Å². The summed E-state index contributed by atoms with van der Waals surface area (Å²) in [6.07, 6.45) is 1.90. The van der Waals surface area contributed by atoms with Crippen molar-refractivity contribution in [1.29, 1.82) is 0 Å². The standard InChI is InChI=1S/C25H38N6O3/c1-25(2,34)17-27-12-20-15-30(4)23(29-20)11-22(26-3)24(33)28-13-21(32)16-31-10-9-18-7-5-6-8-19(18)14-31/h5-8,11,20-21,27,32,34H,3,9-10,12-17H2,1-2,4H3,(H,28,33)/b22-11-/t20?,21-/m0/s1. The number of rotatable bonds is 11. The number of hydrogen-bond donors (Lipinski definition) is 4. The van der Waals surface area contributed by atoms with Crippen LogP contribution in [0.5, 0.6) is 0 Å². The van der Waals surface area contributed by atoms with Gasteiger partial charge in [-0.25, -0.2) is 0 Å². The Morgan fingerprint density at radius 1 is 1.38 bits per heavy atom. The third-order valence-electron chi connectivity index (χ3n) is 5.97. The Morgan fingerprint density at radius 3 is 2.82 bits per heavy atom. The number of carbonyl (C=O) groups excluding carboxylic acids is 1. The molecule has 9 heteroatoms. The highest BCUT2D eigenvalue weighted by molar-refractivity contribution is 6.03. The summed E-state index contributed by atoms with van der Waals surface area (Å²) in [4.78, 5) is 25.3. The molecule has 1 aromatic rings. The van der Waals surface area contributed by atoms with E-state index in [-0.39, 0.29) is 18.3 Å². The third-order valence-corrected chi connectivity index (χ3v) is 5.97. The molecule has 9 nitrogen and oxygen atoms in total. The van der Waals surface area contributed by atoms with Crippen molar-refractivity contribution in [3.05, 3.63) is 47.2 Å². The zero-order chi connectivity index (χ0) is 24.7. The zero-order valence-electron chi connectivity index (χ0n) is 20.5. The van der Waals surface area contributed by atoms with Crippen LogP contribution in [-0.4, -0.2) is 103 Å². The van der Waals surface area contributed by atoms with Crippen molar-refractivity contribution in [3.63, 3.8) is 0 Å². The topological polar surface area (TPSA) is 113 Å². The number of likely N-dealkylation sites (N-methyl/N-ethyl adjacent to an activating group) is 1. The fourth-order valence-corrected chi connectivity index (χ4v) is 4.22. The van der Waals surface area contributed by atoms with E-state index in [2.05, 4.69) is 50.4 Å². The summed E-state index contributed by atoms with van der Waals surface area (Å²) in [6, 6.07) is 8.39. The molecule has 186 valence electrons. The minimum absolute atomic E-state index is 0.0178. The van der Waals surface area contributed by atoms with Crippen LogP contribution in [-0.2, 0) is 17.8 Å². The SMILES string of the molecule is C=N/C(=C\C1=NC(CNCC(C)(C)O)CN1C)C(=O)NC[C@H](O)CN1CCc2ccccc2C1. The van der Waals surface area contributed by atoms with Crippen LogP contribution in [0.15, 0.2) is 46.0 Å². The Labute approximate surface area is 202 Å². The number of benzene rings is 1. The monoisotopic (exact) mass is 470 g/mol. The molecule has 34 heavy (non-hydrogen) atoms. The lowest BCUT2D eigenvalue weighted by Gasteiger charge is -2.30. The van der Waals surface area contributed by atoms with Crippen LogP contribution in [0.4, 0.5) is 0 Å². The molecule has 0 aliphatic carbocycles. The van der Waals surface area contributed by atoms with Gasteiger partial charge in [0.25, 0.3) is 5.91 Å². The molecule has 2 aliphatic rings. The summed E-state index contributed by atoms with van der Waals surface area (Å²) in [5, 5.41) is 26.3. The smallest absolute Gasteiger partial charge is 0.270 e. The Bertz CT molecular complexity index is 923. The molecule has 0 spiro atoms. The number of aliphatic hydroxyl groups excluding tert-OH is 1. The molecule has 2 heterocycles. The highest BCUT2D eigenvalue weighted by Crippen LogP contribution is 2.18. The molecule has 1 unspecified atom stereocenters. The van der Waals surface area contributed by atoms with Crippen molar-refractivity contribution in [2.75, 3.05) is 46.3 Å². The minimum atomic E-state index is -0.780. The minimum Gasteiger partial charge on any atom is -0.390 e. The normalized spacial score (nSPS) is 20.0. The fraction of sp³-hybridized carbons (Fsp3) is 0.560. The van der Waals surface area contributed by atoms with Crippen LogP contribution in [0.25, 0.3) is 0 Å². The number of β-amino-alcohol motifs (C(OH)–C–C–N with tert-alkyl or cyclic N) is 1. The number of amides is 1. The summed E-state index contributed by atoms with van der Waals surface area (Å²) < 4.78 is 0. The number of hydrogen-bond acceptors (Lipinski definition) is 8. The lowest BCUT2D eigenvalue weighted by Crippen LogP contribution is -2.42. The van der Waals surface area contributed by atoms with Crippen LogP contribution < -0.4 is 10.6 Å². The Morgan fingerprint density at radius 2 is 2.12 bits per heavy atom. The largest absolute Gasteiger partial charge is 0.390 e. The number of nitrogens with one attached hydrogen (secondary N) is 2. The second-order valence-corrected chi connectivity index (χ2v) is 9.77. The second kappa shape index (κ2) is 11.7. The second-order valence-electron chi connectivity index (χ2n) is 9.77. The van der Waals surface area contributed by atoms with Crippen molar-refractivity contribution < 1.29 is 15.0 Å². The highest BCUT2D eigenvalue weighted by atomic mass is 16.3. The van der Waals surface area contributed by atoms with Gasteiger partial charge < -0.3 is 25.7 Å². The molecule has 2 atom stereocenters. The van der Waals surface area contributed by atoms with E-state index in [1.165, 1.54) is 11.1 Å². The first-order valence-electron chi connectivity index (χ1n) is 11.8. The first-order chi connectivity index (χ1) is 16.1. The Hall–Kier alpha value is -2.59. The average molecular weight is 471 g/mol. The number of aliphatic imine (C=N–C) groups is 2. The van der Waals surface area contributed by atoms with Crippen molar-refractivity contribution in [2.45, 2.75) is 44.6 Å². The van der Waals surface area contributed by atoms with Crippen molar-refractivity contribution in [3.8, 4) is 0 Å². The highest BCUT2D eigenvalue weighted by Gasteiger charge is 2.23. The zero-order valence-corrected chi connectivity index (χ0v) is 20.5. The molecular formula is C25H38N6O3. The summed E-state index contributed by atoms with van der Waals surface area (Å²) in [5.41, 5.74) is 2.04. The van der Waals surface area contributed by atoms with Crippen LogP contribution >= 0.6 is 0 Å². The molecule has 0 saturated carbocycles. The maximum absolute atomic E-state index is 12.6. The lowest BCUT2D eigenvalue weighted by molar-refractivity contribution is -0.118. The molecule has 2 aliphatic heterocycles. The Kier molecular flexibility index (Phi) is 8.96. The number of fused-ring (bicyclic) bond motifs is 1. The van der Waals surface area contributed by atoms with Gasteiger partial charge in [-0.05, 0) is 38.1 Å². The van der Waals surface area contributed by atoms with Gasteiger partial charge in [0.1, 0.15) is 11.5 Å². The Balaban J connectivity index is 1.48. The van der Waals surface area contributed by atoms with Crippen LogP contribution in [0, 0.1) is 0 Å². The molecular weight excluding hydrogens is 432 g/mol. The average Bonchev–Trinajstić information content (AvgIpc) is 3.13. The van der Waals surface area contributed by atoms with E-state index >= 15 is 0 Å². The number of carbonyl (C=O) groups is 1. The maximum atomic E-state index is 12.6.